The van der Waals surface area contributed by atoms with E-state index in [0.717, 1.165) is 5.56 Å². The molecule has 1 amide bonds. The minimum atomic E-state index is -0.315. The molecule has 2 aromatic carbocycles. The lowest BCUT2D eigenvalue weighted by Gasteiger charge is -2.05. The summed E-state index contributed by atoms with van der Waals surface area (Å²) in [6.45, 7) is 0. The van der Waals surface area contributed by atoms with Gasteiger partial charge in [-0.05, 0) is 36.4 Å². The number of methoxy groups -OCH3 is 1. The van der Waals surface area contributed by atoms with Crippen molar-refractivity contribution in [1.29, 1.82) is 0 Å². The highest BCUT2D eigenvalue weighted by molar-refractivity contribution is 7.99. The predicted octanol–water partition coefficient (Wildman–Crippen LogP) is 3.09. The van der Waals surface area contributed by atoms with Crippen molar-refractivity contribution < 1.29 is 14.6 Å². The van der Waals surface area contributed by atoms with Gasteiger partial charge in [0.1, 0.15) is 0 Å². The lowest BCUT2D eigenvalue weighted by Crippen LogP contribution is -2.19. The maximum Gasteiger partial charge on any atom is 0.250 e. The number of hydrazone groups is 1. The smallest absolute Gasteiger partial charge is 0.250 e. The van der Waals surface area contributed by atoms with E-state index in [-0.39, 0.29) is 17.4 Å². The van der Waals surface area contributed by atoms with E-state index in [4.69, 9.17) is 16.3 Å². The summed E-state index contributed by atoms with van der Waals surface area (Å²) in [5.41, 5.74) is 3.72. The number of thioether (sulfide) groups is 1. The highest BCUT2D eigenvalue weighted by atomic mass is 35.5. The fourth-order valence-corrected chi connectivity index (χ4v) is 3.26. The van der Waals surface area contributed by atoms with Gasteiger partial charge in [-0.2, -0.15) is 5.10 Å². The zero-order valence-corrected chi connectivity index (χ0v) is 17.2. The van der Waals surface area contributed by atoms with E-state index >= 15 is 0 Å². The summed E-state index contributed by atoms with van der Waals surface area (Å²) in [5, 5.41) is 23.4. The van der Waals surface area contributed by atoms with E-state index in [1.165, 1.54) is 25.1 Å². The fourth-order valence-electron chi connectivity index (χ4n) is 2.44. The van der Waals surface area contributed by atoms with Crippen LogP contribution in [0, 0.1) is 0 Å². The Morgan fingerprint density at radius 1 is 1.31 bits per heavy atom. The Balaban J connectivity index is 1.57. The number of aromatic hydroxyl groups is 1. The standard InChI is InChI=1S/C19H18ClN5O3S/c1-25-18(12-6-8-14(20)9-7-12)23-24-19(25)29-11-16(26)22-21-10-13-4-3-5-15(28-2)17(13)27/h3-10,27H,11H2,1-2H3,(H,22,26). The van der Waals surface area contributed by atoms with Crippen molar-refractivity contribution in [1.82, 2.24) is 20.2 Å². The highest BCUT2D eigenvalue weighted by Crippen LogP contribution is 2.28. The van der Waals surface area contributed by atoms with Gasteiger partial charge in [0.25, 0.3) is 5.91 Å². The summed E-state index contributed by atoms with van der Waals surface area (Å²) in [7, 11) is 3.29. The first-order valence-corrected chi connectivity index (χ1v) is 9.82. The third-order valence-electron chi connectivity index (χ3n) is 3.91. The summed E-state index contributed by atoms with van der Waals surface area (Å²) in [6, 6.07) is 12.3. The van der Waals surface area contributed by atoms with Gasteiger partial charge in [0.15, 0.2) is 22.5 Å². The van der Waals surface area contributed by atoms with E-state index in [0.29, 0.717) is 27.3 Å². The van der Waals surface area contributed by atoms with Gasteiger partial charge in [-0.15, -0.1) is 10.2 Å². The van der Waals surface area contributed by atoms with Gasteiger partial charge in [-0.1, -0.05) is 29.4 Å². The number of nitrogens with zero attached hydrogens (tertiary/aromatic N) is 4. The summed E-state index contributed by atoms with van der Waals surface area (Å²) in [6.07, 6.45) is 1.35. The quantitative estimate of drug-likeness (QED) is 0.338. The Bertz CT molecular complexity index is 1040. The van der Waals surface area contributed by atoms with E-state index in [2.05, 4.69) is 20.7 Å². The van der Waals surface area contributed by atoms with Gasteiger partial charge in [-0.25, -0.2) is 5.43 Å². The molecule has 0 aliphatic rings. The average molecular weight is 432 g/mol. The number of hydrogen-bond donors (Lipinski definition) is 2. The maximum atomic E-state index is 12.0. The van der Waals surface area contributed by atoms with Crippen LogP contribution in [0.25, 0.3) is 11.4 Å². The molecule has 0 aliphatic heterocycles. The Morgan fingerprint density at radius 3 is 2.79 bits per heavy atom. The molecule has 0 saturated carbocycles. The third-order valence-corrected chi connectivity index (χ3v) is 5.18. The van der Waals surface area contributed by atoms with Crippen LogP contribution in [-0.4, -0.2) is 44.9 Å². The first kappa shape index (κ1) is 20.7. The molecular weight excluding hydrogens is 414 g/mol. The summed E-state index contributed by atoms with van der Waals surface area (Å²) in [4.78, 5) is 12.0. The summed E-state index contributed by atoms with van der Waals surface area (Å²) < 4.78 is 6.83. The third kappa shape index (κ3) is 5.07. The van der Waals surface area contributed by atoms with Gasteiger partial charge in [0.05, 0.1) is 19.1 Å². The number of carbonyl (C=O) groups is 1. The lowest BCUT2D eigenvalue weighted by molar-refractivity contribution is -0.118. The van der Waals surface area contributed by atoms with Crippen LogP contribution in [0.2, 0.25) is 5.02 Å². The maximum absolute atomic E-state index is 12.0. The number of phenols is 1. The Kier molecular flexibility index (Phi) is 6.73. The molecule has 0 aliphatic carbocycles. The zero-order valence-electron chi connectivity index (χ0n) is 15.7. The first-order chi connectivity index (χ1) is 14.0. The van der Waals surface area contributed by atoms with Crippen molar-refractivity contribution in [3.63, 3.8) is 0 Å². The molecule has 0 spiro atoms. The van der Waals surface area contributed by atoms with Gasteiger partial charge in [0.2, 0.25) is 0 Å². The Morgan fingerprint density at radius 2 is 2.07 bits per heavy atom. The number of ether oxygens (including phenoxy) is 1. The number of phenolic OH excluding ortho intramolecular Hbond substituents is 1. The van der Waals surface area contributed by atoms with Crippen molar-refractivity contribution in [2.75, 3.05) is 12.9 Å². The topological polar surface area (TPSA) is 102 Å². The number of para-hydroxylation sites is 1. The van der Waals surface area contributed by atoms with E-state index in [1.807, 2.05) is 19.2 Å². The minimum Gasteiger partial charge on any atom is -0.504 e. The van der Waals surface area contributed by atoms with Gasteiger partial charge >= 0.3 is 0 Å². The second-order valence-electron chi connectivity index (χ2n) is 5.85. The molecule has 0 saturated heterocycles. The number of aromatic nitrogens is 3. The van der Waals surface area contributed by atoms with Crippen molar-refractivity contribution in [2.24, 2.45) is 12.1 Å². The molecule has 29 heavy (non-hydrogen) atoms. The van der Waals surface area contributed by atoms with Crippen molar-refractivity contribution in [2.45, 2.75) is 5.16 Å². The molecule has 0 unspecified atom stereocenters. The van der Waals surface area contributed by atoms with Crippen LogP contribution >= 0.6 is 23.4 Å². The summed E-state index contributed by atoms with van der Waals surface area (Å²) >= 11 is 7.15. The molecule has 3 rings (SSSR count). The summed E-state index contributed by atoms with van der Waals surface area (Å²) in [5.74, 6) is 0.750. The average Bonchev–Trinajstić information content (AvgIpc) is 3.09. The fraction of sp³-hybridized carbons (Fsp3) is 0.158. The molecule has 0 radical (unpaired) electrons. The number of nitrogens with one attached hydrogen (secondary N) is 1. The van der Waals surface area contributed by atoms with Crippen LogP contribution in [0.1, 0.15) is 5.56 Å². The number of hydrogen-bond acceptors (Lipinski definition) is 7. The lowest BCUT2D eigenvalue weighted by atomic mass is 10.2. The van der Waals surface area contributed by atoms with Crippen molar-refractivity contribution in [3.8, 4) is 22.9 Å². The number of amides is 1. The van der Waals surface area contributed by atoms with Crippen LogP contribution in [0.15, 0.2) is 52.7 Å². The number of benzene rings is 2. The molecule has 150 valence electrons. The molecule has 10 heteroatoms. The molecule has 3 aromatic rings. The molecule has 0 atom stereocenters. The van der Waals surface area contributed by atoms with Gasteiger partial charge in [0, 0.05) is 23.2 Å². The number of carbonyl (C=O) groups excluding carboxylic acids is 1. The van der Waals surface area contributed by atoms with Crippen LogP contribution in [0.5, 0.6) is 11.5 Å². The van der Waals surface area contributed by atoms with Crippen LogP contribution in [-0.2, 0) is 11.8 Å². The second kappa shape index (κ2) is 9.44. The molecule has 8 nitrogen and oxygen atoms in total. The van der Waals surface area contributed by atoms with Crippen LogP contribution in [0.4, 0.5) is 0 Å². The Labute approximate surface area is 176 Å². The van der Waals surface area contributed by atoms with E-state index in [1.54, 1.807) is 34.9 Å². The minimum absolute atomic E-state index is 0.0452. The Hall–Kier alpha value is -3.04. The number of halogens is 1. The van der Waals surface area contributed by atoms with Crippen LogP contribution < -0.4 is 10.2 Å². The molecule has 0 bridgehead atoms. The van der Waals surface area contributed by atoms with Crippen molar-refractivity contribution in [3.05, 3.63) is 53.1 Å². The highest BCUT2D eigenvalue weighted by Gasteiger charge is 2.13. The molecule has 2 N–H and O–H groups in total. The SMILES string of the molecule is COc1cccc(C=NNC(=O)CSc2nnc(-c3ccc(Cl)cc3)n2C)c1O. The predicted molar refractivity (Wildman–Crippen MR) is 113 cm³/mol. The molecular formula is C19H18ClN5O3S. The van der Waals surface area contributed by atoms with Crippen molar-refractivity contribution >= 4 is 35.5 Å². The largest absolute Gasteiger partial charge is 0.504 e. The van der Waals surface area contributed by atoms with Crippen LogP contribution in [0.3, 0.4) is 0 Å². The molecule has 0 fully saturated rings. The van der Waals surface area contributed by atoms with E-state index < -0.39 is 0 Å². The van der Waals surface area contributed by atoms with Gasteiger partial charge < -0.3 is 14.4 Å². The monoisotopic (exact) mass is 431 g/mol. The second-order valence-corrected chi connectivity index (χ2v) is 7.23. The zero-order chi connectivity index (χ0) is 20.8. The molecule has 1 heterocycles. The molecule has 1 aromatic heterocycles. The normalized spacial score (nSPS) is 11.0. The van der Waals surface area contributed by atoms with Gasteiger partial charge in [-0.3, -0.25) is 4.79 Å². The first-order valence-electron chi connectivity index (χ1n) is 8.45. The van der Waals surface area contributed by atoms with E-state index in [9.17, 15) is 9.90 Å². The number of rotatable bonds is 7.